The van der Waals surface area contributed by atoms with Gasteiger partial charge in [0.15, 0.2) is 0 Å². The minimum absolute atomic E-state index is 0. The second-order valence-electron chi connectivity index (χ2n) is 2.99. The first-order chi connectivity index (χ1) is 7.70. The van der Waals surface area contributed by atoms with Gasteiger partial charge in [0.05, 0.1) is 0 Å². The van der Waals surface area contributed by atoms with E-state index in [0.717, 1.165) is 0 Å². The number of rotatable bonds is 2. The molecule has 3 aliphatic rings. The van der Waals surface area contributed by atoms with Crippen molar-refractivity contribution in [2.24, 2.45) is 0 Å². The Morgan fingerprint density at radius 2 is 1.45 bits per heavy atom. The van der Waals surface area contributed by atoms with Gasteiger partial charge >= 0.3 is 112 Å². The van der Waals surface area contributed by atoms with E-state index in [0.29, 0.717) is 0 Å². The monoisotopic (exact) mass is 383 g/mol. The zero-order valence-electron chi connectivity index (χ0n) is 8.07. The first kappa shape index (κ1) is 25.6. The molecule has 0 aliphatic carbocycles. The fourth-order valence-electron chi connectivity index (χ4n) is 0.968. The summed E-state index contributed by atoms with van der Waals surface area (Å²) in [5.74, 6) is 0. The van der Waals surface area contributed by atoms with Crippen LogP contribution < -0.4 is 0 Å². The van der Waals surface area contributed by atoms with Crippen LogP contribution in [-0.2, 0) is 35.9 Å². The molecule has 3 aliphatic heterocycles. The fourth-order valence-corrected chi connectivity index (χ4v) is 5.12. The zero-order valence-corrected chi connectivity index (χ0v) is 10.8. The molecule has 3 saturated heterocycles. The van der Waals surface area contributed by atoms with Crippen LogP contribution in [0.2, 0.25) is 0 Å². The Labute approximate surface area is 180 Å². The number of phosphoric acid groups is 3. The molecular weight excluding hydrogens is 372 g/mol. The van der Waals surface area contributed by atoms with Crippen LogP contribution in [-0.4, -0.2) is 124 Å². The van der Waals surface area contributed by atoms with Gasteiger partial charge in [-0.2, -0.15) is 8.62 Å². The van der Waals surface area contributed by atoms with Crippen molar-refractivity contribution < 1.29 is 45.7 Å². The second kappa shape index (κ2) is 9.75. The summed E-state index contributed by atoms with van der Waals surface area (Å²) in [6, 6.07) is 0. The summed E-state index contributed by atoms with van der Waals surface area (Å²) in [4.78, 5) is 18.3. The molecule has 2 N–H and O–H groups in total. The van der Waals surface area contributed by atoms with Gasteiger partial charge in [0.1, 0.15) is 20.2 Å². The molecule has 3 fully saturated rings. The molecule has 0 radical (unpaired) electrons. The third kappa shape index (κ3) is 7.96. The SMILES string of the molecule is O=P(O)(O)OP1(=O)OCN2COP(=O)(OC2)O1.[NaH].[NaH].[NaH]. The van der Waals surface area contributed by atoms with Gasteiger partial charge in [-0.1, -0.05) is 0 Å². The number of nitrogens with zero attached hydrogens (tertiary/aromatic N) is 1. The summed E-state index contributed by atoms with van der Waals surface area (Å²) in [5, 5.41) is 0. The molecule has 0 spiro atoms. The molecule has 0 aromatic carbocycles. The average Bonchev–Trinajstić information content (AvgIpc) is 2.11. The summed E-state index contributed by atoms with van der Waals surface area (Å²) < 4.78 is 55.9. The molecule has 11 nitrogen and oxygen atoms in total. The minimum atomic E-state index is -5.15. The zero-order chi connectivity index (χ0) is 12.7. The van der Waals surface area contributed by atoms with Gasteiger partial charge in [0.25, 0.3) is 0 Å². The van der Waals surface area contributed by atoms with Crippen molar-refractivity contribution in [3.63, 3.8) is 0 Å². The molecular formula is C3H11NNa3O10P3. The van der Waals surface area contributed by atoms with Gasteiger partial charge < -0.3 is 9.79 Å². The average molecular weight is 383 g/mol. The van der Waals surface area contributed by atoms with Gasteiger partial charge in [-0.3, -0.25) is 13.6 Å². The number of hydrogen-bond acceptors (Lipinski definition) is 9. The van der Waals surface area contributed by atoms with Gasteiger partial charge in [0.2, 0.25) is 0 Å². The number of phosphoric ester groups is 1. The number of hydrogen-bond donors (Lipinski definition) is 2. The Kier molecular flexibility index (Phi) is 12.5. The van der Waals surface area contributed by atoms with Crippen molar-refractivity contribution in [3.8, 4) is 0 Å². The molecule has 2 bridgehead atoms. The Morgan fingerprint density at radius 3 is 1.90 bits per heavy atom. The van der Waals surface area contributed by atoms with Gasteiger partial charge in [0, 0.05) is 0 Å². The van der Waals surface area contributed by atoms with Crippen molar-refractivity contribution in [1.29, 1.82) is 0 Å². The summed E-state index contributed by atoms with van der Waals surface area (Å²) >= 11 is 0. The van der Waals surface area contributed by atoms with Crippen LogP contribution in [0.1, 0.15) is 0 Å². The molecule has 20 heavy (non-hydrogen) atoms. The third-order valence-corrected chi connectivity index (χ3v) is 6.15. The van der Waals surface area contributed by atoms with Crippen molar-refractivity contribution in [2.75, 3.05) is 20.2 Å². The standard InChI is InChI=1S/C3H8NO10P3.3Na.3H/c5-15(6,7)13-17(9)12-3-4-1-10-16(8,14-17)11-2-4;;;;;;/h1-3H2,(H2,5,6,7);;;;;;. The predicted molar refractivity (Wildman–Crippen MR) is 70.6 cm³/mol. The molecule has 3 heterocycles. The van der Waals surface area contributed by atoms with Crippen molar-refractivity contribution in [2.45, 2.75) is 0 Å². The van der Waals surface area contributed by atoms with E-state index >= 15 is 0 Å². The van der Waals surface area contributed by atoms with Crippen LogP contribution in [0, 0.1) is 0 Å². The third-order valence-electron chi connectivity index (χ3n) is 1.60. The second-order valence-corrected chi connectivity index (χ2v) is 7.84. The number of fused-ring (bicyclic) bond motifs is 5. The predicted octanol–water partition coefficient (Wildman–Crippen LogP) is -1.37. The quantitative estimate of drug-likeness (QED) is 0.431. The normalized spacial score (nSPS) is 36.6. The molecule has 0 aromatic heterocycles. The molecule has 0 amide bonds. The van der Waals surface area contributed by atoms with Crippen molar-refractivity contribution in [1.82, 2.24) is 4.90 Å². The summed E-state index contributed by atoms with van der Waals surface area (Å²) in [5.41, 5.74) is 0. The molecule has 1 unspecified atom stereocenters. The molecule has 3 rings (SSSR count). The van der Waals surface area contributed by atoms with E-state index in [-0.39, 0.29) is 102 Å². The Hall–Kier alpha value is 3.37. The summed E-state index contributed by atoms with van der Waals surface area (Å²) in [6.07, 6.45) is 0. The molecule has 1 atom stereocenters. The molecule has 0 aromatic rings. The fraction of sp³-hybridized carbons (Fsp3) is 1.00. The first-order valence-electron chi connectivity index (χ1n) is 4.04. The van der Waals surface area contributed by atoms with Gasteiger partial charge in [-0.25, -0.2) is 18.6 Å². The summed E-state index contributed by atoms with van der Waals surface area (Å²) in [7, 11) is -14.1. The van der Waals surface area contributed by atoms with E-state index in [2.05, 4.69) is 22.2 Å². The van der Waals surface area contributed by atoms with E-state index in [4.69, 9.17) is 9.79 Å². The van der Waals surface area contributed by atoms with Crippen LogP contribution in [0.25, 0.3) is 0 Å². The maximum absolute atomic E-state index is 11.7. The Balaban J connectivity index is 0. The molecule has 17 heteroatoms. The van der Waals surface area contributed by atoms with E-state index in [1.807, 2.05) is 0 Å². The Bertz CT molecular complexity index is 442. The van der Waals surface area contributed by atoms with Crippen LogP contribution >= 0.6 is 23.5 Å². The van der Waals surface area contributed by atoms with Crippen LogP contribution in [0.4, 0.5) is 0 Å². The first-order valence-corrected chi connectivity index (χ1v) is 8.49. The van der Waals surface area contributed by atoms with E-state index in [1.54, 1.807) is 0 Å². The van der Waals surface area contributed by atoms with Crippen molar-refractivity contribution in [3.05, 3.63) is 0 Å². The van der Waals surface area contributed by atoms with E-state index in [9.17, 15) is 13.7 Å². The Morgan fingerprint density at radius 1 is 1.00 bits per heavy atom. The summed E-state index contributed by atoms with van der Waals surface area (Å²) in [6.45, 7) is -0.711. The van der Waals surface area contributed by atoms with E-state index in [1.165, 1.54) is 4.90 Å². The van der Waals surface area contributed by atoms with Crippen molar-refractivity contribution >= 4 is 112 Å². The topological polar surface area (TPSA) is 141 Å². The van der Waals surface area contributed by atoms with Gasteiger partial charge in [-0.15, -0.1) is 0 Å². The van der Waals surface area contributed by atoms with E-state index < -0.39 is 30.2 Å². The van der Waals surface area contributed by atoms with Crippen LogP contribution in [0.5, 0.6) is 0 Å². The maximum atomic E-state index is 11.7. The van der Waals surface area contributed by atoms with Crippen LogP contribution in [0.15, 0.2) is 0 Å². The molecule has 0 saturated carbocycles. The molecule has 106 valence electrons. The van der Waals surface area contributed by atoms with Gasteiger partial charge in [-0.05, 0) is 0 Å². The van der Waals surface area contributed by atoms with Crippen LogP contribution in [0.3, 0.4) is 0 Å².